The summed E-state index contributed by atoms with van der Waals surface area (Å²) in [4.78, 5) is 2.11. The Bertz CT molecular complexity index is 523. The first-order chi connectivity index (χ1) is 10.4. The molecule has 0 spiro atoms. The van der Waals surface area contributed by atoms with Crippen molar-refractivity contribution in [3.63, 3.8) is 0 Å². The number of benzene rings is 2. The van der Waals surface area contributed by atoms with Gasteiger partial charge in [-0.3, -0.25) is 5.41 Å². The highest BCUT2D eigenvalue weighted by Crippen LogP contribution is 2.37. The lowest BCUT2D eigenvalue weighted by Gasteiger charge is -2.35. The van der Waals surface area contributed by atoms with Gasteiger partial charge >= 0.3 is 0 Å². The van der Waals surface area contributed by atoms with Crippen LogP contribution in [0.2, 0.25) is 0 Å². The van der Waals surface area contributed by atoms with Crippen molar-refractivity contribution in [2.45, 2.75) is 18.8 Å². The van der Waals surface area contributed by atoms with E-state index in [1.165, 1.54) is 17.5 Å². The zero-order valence-corrected chi connectivity index (χ0v) is 13.5. The lowest BCUT2D eigenvalue weighted by atomic mass is 9.76. The van der Waals surface area contributed by atoms with Crippen LogP contribution in [0.5, 0.6) is 0 Å². The molecular formula is C19H23ClN2. The molecule has 2 aromatic rings. The quantitative estimate of drug-likeness (QED) is 0.650. The maximum absolute atomic E-state index is 7.40. The Morgan fingerprint density at radius 3 is 1.73 bits per heavy atom. The first-order valence-corrected chi connectivity index (χ1v) is 7.73. The van der Waals surface area contributed by atoms with E-state index in [0.717, 1.165) is 25.9 Å². The molecule has 1 fully saturated rings. The van der Waals surface area contributed by atoms with E-state index < -0.39 is 0 Å². The minimum Gasteiger partial charge on any atom is -0.363 e. The van der Waals surface area contributed by atoms with E-state index in [0.29, 0.717) is 11.8 Å². The minimum absolute atomic E-state index is 0. The van der Waals surface area contributed by atoms with Crippen LogP contribution in [0.3, 0.4) is 0 Å². The zero-order valence-electron chi connectivity index (χ0n) is 12.7. The number of hydrogen-bond acceptors (Lipinski definition) is 1. The molecule has 0 bridgehead atoms. The molecule has 0 unspecified atom stereocenters. The fourth-order valence-electron chi connectivity index (χ4n) is 3.44. The predicted molar refractivity (Wildman–Crippen MR) is 95.1 cm³/mol. The number of likely N-dealkylation sites (tertiary alicyclic amines) is 1. The second-order valence-electron chi connectivity index (χ2n) is 5.80. The van der Waals surface area contributed by atoms with E-state index in [2.05, 4.69) is 65.6 Å². The van der Waals surface area contributed by atoms with Crippen molar-refractivity contribution in [1.29, 1.82) is 5.41 Å². The van der Waals surface area contributed by atoms with Crippen molar-refractivity contribution >= 4 is 18.7 Å². The molecule has 1 saturated heterocycles. The number of piperidine rings is 1. The first-order valence-electron chi connectivity index (χ1n) is 7.73. The van der Waals surface area contributed by atoms with Crippen molar-refractivity contribution < 1.29 is 0 Å². The molecule has 0 radical (unpaired) electrons. The minimum atomic E-state index is 0. The highest BCUT2D eigenvalue weighted by atomic mass is 35.5. The topological polar surface area (TPSA) is 27.1 Å². The Hall–Kier alpha value is -1.80. The fraction of sp³-hybridized carbons (Fsp3) is 0.316. The highest BCUT2D eigenvalue weighted by Gasteiger charge is 2.27. The van der Waals surface area contributed by atoms with Gasteiger partial charge in [-0.1, -0.05) is 60.7 Å². The van der Waals surface area contributed by atoms with Crippen molar-refractivity contribution in [3.05, 3.63) is 71.8 Å². The summed E-state index contributed by atoms with van der Waals surface area (Å²) in [6.45, 7) is 2.01. The largest absolute Gasteiger partial charge is 0.363 e. The smallest absolute Gasteiger partial charge is 0.0817 e. The summed E-state index contributed by atoms with van der Waals surface area (Å²) in [5, 5.41) is 7.40. The van der Waals surface area contributed by atoms with E-state index >= 15 is 0 Å². The first kappa shape index (κ1) is 16.6. The van der Waals surface area contributed by atoms with Gasteiger partial charge in [0.25, 0.3) is 0 Å². The molecular weight excluding hydrogens is 292 g/mol. The van der Waals surface area contributed by atoms with E-state index in [1.807, 2.05) is 0 Å². The molecule has 1 heterocycles. The fourth-order valence-corrected chi connectivity index (χ4v) is 3.44. The van der Waals surface area contributed by atoms with Crippen LogP contribution in [0.4, 0.5) is 0 Å². The second kappa shape index (κ2) is 8.00. The summed E-state index contributed by atoms with van der Waals surface area (Å²) < 4.78 is 0. The third-order valence-electron chi connectivity index (χ3n) is 4.55. The van der Waals surface area contributed by atoms with Gasteiger partial charge < -0.3 is 4.90 Å². The SMILES string of the molecule is Cl.N=CN1CCC(C(c2ccccc2)c2ccccc2)CC1. The maximum Gasteiger partial charge on any atom is 0.0817 e. The third kappa shape index (κ3) is 3.69. The number of nitrogens with zero attached hydrogens (tertiary/aromatic N) is 1. The molecule has 0 aromatic heterocycles. The van der Waals surface area contributed by atoms with E-state index in [4.69, 9.17) is 5.41 Å². The summed E-state index contributed by atoms with van der Waals surface area (Å²) in [5.41, 5.74) is 2.83. The van der Waals surface area contributed by atoms with Crippen molar-refractivity contribution in [2.75, 3.05) is 13.1 Å². The van der Waals surface area contributed by atoms with Gasteiger partial charge in [-0.15, -0.1) is 12.4 Å². The van der Waals surface area contributed by atoms with Crippen LogP contribution in [0.25, 0.3) is 0 Å². The number of rotatable bonds is 4. The second-order valence-corrected chi connectivity index (χ2v) is 5.80. The highest BCUT2D eigenvalue weighted by molar-refractivity contribution is 5.85. The molecule has 22 heavy (non-hydrogen) atoms. The van der Waals surface area contributed by atoms with Gasteiger partial charge in [0.05, 0.1) is 6.34 Å². The number of nitrogens with one attached hydrogen (secondary N) is 1. The van der Waals surface area contributed by atoms with Crippen LogP contribution in [0, 0.1) is 11.3 Å². The third-order valence-corrected chi connectivity index (χ3v) is 4.55. The molecule has 2 nitrogen and oxygen atoms in total. The zero-order chi connectivity index (χ0) is 14.5. The van der Waals surface area contributed by atoms with Gasteiger partial charge in [-0.2, -0.15) is 0 Å². The molecule has 2 aromatic carbocycles. The van der Waals surface area contributed by atoms with Crippen LogP contribution in [-0.2, 0) is 0 Å². The molecule has 1 aliphatic rings. The van der Waals surface area contributed by atoms with Crippen molar-refractivity contribution in [1.82, 2.24) is 4.90 Å². The average Bonchev–Trinajstić information content (AvgIpc) is 2.58. The standard InChI is InChI=1S/C19H22N2.ClH/c20-15-21-13-11-18(12-14-21)19(16-7-3-1-4-8-16)17-9-5-2-6-10-17;/h1-10,15,18-20H,11-14H2;1H. The van der Waals surface area contributed by atoms with Crippen LogP contribution < -0.4 is 0 Å². The molecule has 1 aliphatic heterocycles. The maximum atomic E-state index is 7.40. The number of halogens is 1. The van der Waals surface area contributed by atoms with E-state index in [-0.39, 0.29) is 12.4 Å². The lowest BCUT2D eigenvalue weighted by molar-refractivity contribution is 0.253. The Balaban J connectivity index is 0.00000176. The molecule has 0 atom stereocenters. The summed E-state index contributed by atoms with van der Waals surface area (Å²) in [5.74, 6) is 1.13. The molecule has 0 saturated carbocycles. The molecule has 3 heteroatoms. The van der Waals surface area contributed by atoms with Crippen LogP contribution in [0.15, 0.2) is 60.7 Å². The Morgan fingerprint density at radius 2 is 1.32 bits per heavy atom. The summed E-state index contributed by atoms with van der Waals surface area (Å²) in [6, 6.07) is 21.7. The average molecular weight is 315 g/mol. The van der Waals surface area contributed by atoms with E-state index in [1.54, 1.807) is 0 Å². The Labute approximate surface area is 139 Å². The van der Waals surface area contributed by atoms with E-state index in [9.17, 15) is 0 Å². The summed E-state index contributed by atoms with van der Waals surface area (Å²) >= 11 is 0. The van der Waals surface area contributed by atoms with Crippen LogP contribution >= 0.6 is 12.4 Å². The summed E-state index contributed by atoms with van der Waals surface area (Å²) in [6.07, 6.45) is 3.80. The monoisotopic (exact) mass is 314 g/mol. The van der Waals surface area contributed by atoms with Gasteiger partial charge in [0.15, 0.2) is 0 Å². The van der Waals surface area contributed by atoms with Crippen LogP contribution in [-0.4, -0.2) is 24.3 Å². The van der Waals surface area contributed by atoms with Crippen molar-refractivity contribution in [3.8, 4) is 0 Å². The molecule has 0 amide bonds. The van der Waals surface area contributed by atoms with Gasteiger partial charge in [0.1, 0.15) is 0 Å². The normalized spacial score (nSPS) is 15.4. The molecule has 1 N–H and O–H groups in total. The molecule has 116 valence electrons. The van der Waals surface area contributed by atoms with Gasteiger partial charge in [-0.05, 0) is 29.9 Å². The van der Waals surface area contributed by atoms with Gasteiger partial charge in [-0.25, -0.2) is 0 Å². The molecule has 0 aliphatic carbocycles. The van der Waals surface area contributed by atoms with Gasteiger partial charge in [0, 0.05) is 19.0 Å². The summed E-state index contributed by atoms with van der Waals surface area (Å²) in [7, 11) is 0. The van der Waals surface area contributed by atoms with Gasteiger partial charge in [0.2, 0.25) is 0 Å². The number of hydrogen-bond donors (Lipinski definition) is 1. The predicted octanol–water partition coefficient (Wildman–Crippen LogP) is 4.56. The Morgan fingerprint density at radius 1 is 0.864 bits per heavy atom. The van der Waals surface area contributed by atoms with Crippen molar-refractivity contribution in [2.24, 2.45) is 5.92 Å². The molecule has 3 rings (SSSR count). The van der Waals surface area contributed by atoms with Crippen LogP contribution in [0.1, 0.15) is 29.9 Å². The lowest BCUT2D eigenvalue weighted by Crippen LogP contribution is -2.34. The Kier molecular flexibility index (Phi) is 6.02.